The SMILES string of the molecule is C[C@]12CC[C@H](C3CCC(O)(O)CC3)C[C@@]1(O)CC[C@@H]2C=NOCCN. The quantitative estimate of drug-likeness (QED) is 0.260. The van der Waals surface area contributed by atoms with Gasteiger partial charge < -0.3 is 25.9 Å². The van der Waals surface area contributed by atoms with E-state index in [0.29, 0.717) is 37.8 Å². The molecular weight excluding hydrogens is 320 g/mol. The van der Waals surface area contributed by atoms with Gasteiger partial charge in [-0.05, 0) is 56.8 Å². The van der Waals surface area contributed by atoms with Crippen molar-refractivity contribution in [2.75, 3.05) is 13.2 Å². The number of nitrogens with two attached hydrogens (primary N) is 1. The van der Waals surface area contributed by atoms with Crippen LogP contribution in [0.5, 0.6) is 0 Å². The number of rotatable bonds is 5. The number of fused-ring (bicyclic) bond motifs is 1. The van der Waals surface area contributed by atoms with Gasteiger partial charge in [-0.15, -0.1) is 0 Å². The average molecular weight is 354 g/mol. The lowest BCUT2D eigenvalue weighted by molar-refractivity contribution is -0.192. The topological polar surface area (TPSA) is 108 Å². The monoisotopic (exact) mass is 354 g/mol. The second-order valence-corrected chi connectivity index (χ2v) is 8.79. The standard InChI is InChI=1S/C19H34N2O4/c1-17-6-2-15(14-3-8-19(23,24)9-4-14)12-18(17,22)7-5-16(17)13-21-25-11-10-20/h13-16,22-24H,2-12,20H2,1H3/t15-,16+,17+,18-/m0/s1. The Bertz CT molecular complexity index is 488. The van der Waals surface area contributed by atoms with Gasteiger partial charge in [0.1, 0.15) is 6.61 Å². The van der Waals surface area contributed by atoms with Crippen molar-refractivity contribution < 1.29 is 20.2 Å². The molecule has 0 radical (unpaired) electrons. The lowest BCUT2D eigenvalue weighted by Gasteiger charge is -2.51. The summed E-state index contributed by atoms with van der Waals surface area (Å²) in [6.45, 7) is 3.07. The third-order valence-corrected chi connectivity index (χ3v) is 7.41. The maximum absolute atomic E-state index is 11.4. The Morgan fingerprint density at radius 3 is 2.40 bits per heavy atom. The number of aliphatic hydroxyl groups is 3. The Hall–Kier alpha value is -0.690. The zero-order valence-electron chi connectivity index (χ0n) is 15.4. The second kappa shape index (κ2) is 7.14. The van der Waals surface area contributed by atoms with Crippen LogP contribution in [0.15, 0.2) is 5.16 Å². The molecule has 5 N–H and O–H groups in total. The number of hydrogen-bond donors (Lipinski definition) is 4. The lowest BCUT2D eigenvalue weighted by Crippen LogP contribution is -2.51. The van der Waals surface area contributed by atoms with Crippen LogP contribution in [0.4, 0.5) is 0 Å². The highest BCUT2D eigenvalue weighted by Crippen LogP contribution is 2.60. The molecule has 0 unspecified atom stereocenters. The molecule has 3 rings (SSSR count). The molecule has 0 aromatic carbocycles. The highest BCUT2D eigenvalue weighted by Gasteiger charge is 2.59. The Balaban J connectivity index is 1.62. The summed E-state index contributed by atoms with van der Waals surface area (Å²) in [7, 11) is 0. The molecule has 3 saturated carbocycles. The third kappa shape index (κ3) is 3.72. The first kappa shape index (κ1) is 19.1. The van der Waals surface area contributed by atoms with Crippen LogP contribution in [0.3, 0.4) is 0 Å². The smallest absolute Gasteiger partial charge is 0.162 e. The van der Waals surface area contributed by atoms with Gasteiger partial charge in [0.2, 0.25) is 0 Å². The van der Waals surface area contributed by atoms with E-state index in [4.69, 9.17) is 10.6 Å². The zero-order chi connectivity index (χ0) is 18.1. The summed E-state index contributed by atoms with van der Waals surface area (Å²) >= 11 is 0. The maximum Gasteiger partial charge on any atom is 0.162 e. The molecule has 0 aliphatic heterocycles. The highest BCUT2D eigenvalue weighted by atomic mass is 16.6. The predicted molar refractivity (Wildman–Crippen MR) is 95.7 cm³/mol. The van der Waals surface area contributed by atoms with E-state index in [1.54, 1.807) is 0 Å². The van der Waals surface area contributed by atoms with Gasteiger partial charge in [0.15, 0.2) is 5.79 Å². The van der Waals surface area contributed by atoms with Gasteiger partial charge in [0.25, 0.3) is 0 Å². The molecule has 6 heteroatoms. The largest absolute Gasteiger partial charge is 0.395 e. The lowest BCUT2D eigenvalue weighted by atomic mass is 9.57. The van der Waals surface area contributed by atoms with E-state index >= 15 is 0 Å². The molecule has 25 heavy (non-hydrogen) atoms. The molecule has 0 spiro atoms. The Morgan fingerprint density at radius 1 is 1.04 bits per heavy atom. The van der Waals surface area contributed by atoms with Gasteiger partial charge in [-0.25, -0.2) is 0 Å². The van der Waals surface area contributed by atoms with Gasteiger partial charge in [-0.2, -0.15) is 0 Å². The van der Waals surface area contributed by atoms with Crippen molar-refractivity contribution in [3.05, 3.63) is 0 Å². The minimum atomic E-state index is -1.48. The van der Waals surface area contributed by atoms with E-state index in [1.165, 1.54) is 0 Å². The molecule has 0 heterocycles. The minimum Gasteiger partial charge on any atom is -0.395 e. The summed E-state index contributed by atoms with van der Waals surface area (Å²) in [6.07, 6.45) is 9.15. The minimum absolute atomic E-state index is 0.147. The molecule has 0 amide bonds. The van der Waals surface area contributed by atoms with Crippen LogP contribution < -0.4 is 5.73 Å². The van der Waals surface area contributed by atoms with E-state index in [1.807, 2.05) is 6.21 Å². The second-order valence-electron chi connectivity index (χ2n) is 8.79. The van der Waals surface area contributed by atoms with E-state index in [9.17, 15) is 15.3 Å². The van der Waals surface area contributed by atoms with Crippen LogP contribution in [0.1, 0.15) is 64.7 Å². The van der Waals surface area contributed by atoms with E-state index in [-0.39, 0.29) is 11.3 Å². The molecule has 0 saturated heterocycles. The normalized spacial score (nSPS) is 41.8. The summed E-state index contributed by atoms with van der Waals surface area (Å²) in [4.78, 5) is 5.15. The molecule has 4 atom stereocenters. The molecule has 3 aliphatic rings. The molecule has 3 fully saturated rings. The molecule has 6 nitrogen and oxygen atoms in total. The summed E-state index contributed by atoms with van der Waals surface area (Å²) in [5.41, 5.74) is 4.62. The van der Waals surface area contributed by atoms with Crippen molar-refractivity contribution in [1.29, 1.82) is 0 Å². The fourth-order valence-corrected chi connectivity index (χ4v) is 5.56. The predicted octanol–water partition coefficient (Wildman–Crippen LogP) is 1.77. The van der Waals surface area contributed by atoms with Crippen molar-refractivity contribution in [3.63, 3.8) is 0 Å². The Morgan fingerprint density at radius 2 is 1.72 bits per heavy atom. The molecule has 3 aliphatic carbocycles. The van der Waals surface area contributed by atoms with Crippen LogP contribution in [-0.4, -0.2) is 46.1 Å². The van der Waals surface area contributed by atoms with Crippen molar-refractivity contribution in [1.82, 2.24) is 0 Å². The first-order valence-electron chi connectivity index (χ1n) is 9.82. The van der Waals surface area contributed by atoms with Gasteiger partial charge >= 0.3 is 0 Å². The van der Waals surface area contributed by atoms with Crippen LogP contribution in [0, 0.1) is 23.2 Å². The summed E-state index contributed by atoms with van der Waals surface area (Å²) in [6, 6.07) is 0. The van der Waals surface area contributed by atoms with Gasteiger partial charge in [0.05, 0.1) is 5.60 Å². The molecular formula is C19H34N2O4. The van der Waals surface area contributed by atoms with E-state index in [2.05, 4.69) is 12.1 Å². The fourth-order valence-electron chi connectivity index (χ4n) is 5.56. The van der Waals surface area contributed by atoms with Crippen LogP contribution in [-0.2, 0) is 4.84 Å². The molecule has 0 aromatic rings. The van der Waals surface area contributed by atoms with Crippen LogP contribution >= 0.6 is 0 Å². The van der Waals surface area contributed by atoms with Crippen LogP contribution in [0.2, 0.25) is 0 Å². The van der Waals surface area contributed by atoms with Crippen molar-refractivity contribution in [2.45, 2.75) is 76.1 Å². The molecule has 0 aromatic heterocycles. The Kier molecular flexibility index (Phi) is 5.45. The fraction of sp³-hybridized carbons (Fsp3) is 0.947. The van der Waals surface area contributed by atoms with Gasteiger partial charge in [-0.1, -0.05) is 12.1 Å². The molecule has 144 valence electrons. The van der Waals surface area contributed by atoms with E-state index < -0.39 is 11.4 Å². The number of oxime groups is 1. The summed E-state index contributed by atoms with van der Waals surface area (Å²) < 4.78 is 0. The number of nitrogens with zero attached hydrogens (tertiary/aromatic N) is 1. The Labute approximate surface area is 150 Å². The van der Waals surface area contributed by atoms with Gasteiger partial charge in [0, 0.05) is 36.9 Å². The van der Waals surface area contributed by atoms with Crippen LogP contribution in [0.25, 0.3) is 0 Å². The van der Waals surface area contributed by atoms with Crippen molar-refractivity contribution in [3.8, 4) is 0 Å². The highest BCUT2D eigenvalue weighted by molar-refractivity contribution is 5.62. The first-order chi connectivity index (χ1) is 11.8. The maximum atomic E-state index is 11.4. The van der Waals surface area contributed by atoms with Crippen molar-refractivity contribution >= 4 is 6.21 Å². The zero-order valence-corrected chi connectivity index (χ0v) is 15.4. The van der Waals surface area contributed by atoms with Crippen molar-refractivity contribution in [2.24, 2.45) is 34.1 Å². The first-order valence-corrected chi connectivity index (χ1v) is 9.82. The van der Waals surface area contributed by atoms with Gasteiger partial charge in [-0.3, -0.25) is 0 Å². The third-order valence-electron chi connectivity index (χ3n) is 7.41. The van der Waals surface area contributed by atoms with E-state index in [0.717, 1.165) is 44.9 Å². The molecule has 0 bridgehead atoms. The summed E-state index contributed by atoms with van der Waals surface area (Å²) in [5, 5.41) is 35.0. The summed E-state index contributed by atoms with van der Waals surface area (Å²) in [5.74, 6) is -0.250. The number of hydrogen-bond acceptors (Lipinski definition) is 6. The average Bonchev–Trinajstić information content (AvgIpc) is 2.82.